The average molecular weight is 392 g/mol. The van der Waals surface area contributed by atoms with Crippen LogP contribution >= 0.6 is 0 Å². The number of carbonyl (C=O) groups is 1. The molecule has 3 aromatic rings. The molecule has 0 fully saturated rings. The molecule has 9 nitrogen and oxygen atoms in total. The van der Waals surface area contributed by atoms with Gasteiger partial charge < -0.3 is 20.5 Å². The lowest BCUT2D eigenvalue weighted by Gasteiger charge is -2.28. The topological polar surface area (TPSA) is 114 Å². The molecule has 1 aliphatic rings. The molecule has 0 unspecified atom stereocenters. The number of benzene rings is 2. The summed E-state index contributed by atoms with van der Waals surface area (Å²) >= 11 is 0. The predicted octanol–water partition coefficient (Wildman–Crippen LogP) is 2.71. The van der Waals surface area contributed by atoms with Crippen molar-refractivity contribution in [1.29, 1.82) is 0 Å². The van der Waals surface area contributed by atoms with E-state index in [1.165, 1.54) is 10.7 Å². The molecule has 1 aliphatic heterocycles. The first kappa shape index (κ1) is 18.5. The van der Waals surface area contributed by atoms with Crippen LogP contribution in [0, 0.1) is 0 Å². The van der Waals surface area contributed by atoms with Crippen molar-refractivity contribution < 1.29 is 14.6 Å². The van der Waals surface area contributed by atoms with Crippen LogP contribution in [0.2, 0.25) is 0 Å². The standard InChI is InChI=1S/C20H20N6O3/c1-3-29-16-11-13(9-10-15(16)27)18-17(12(2)21-20-23-24-25-26(18)20)19(28)22-14-7-5-4-6-8-14/h4-11,18,27H,3H2,1-2H3,(H,22,28)(H,21,23,25)/t18-/m1/s1. The highest BCUT2D eigenvalue weighted by atomic mass is 16.5. The number of carbonyl (C=O) groups excluding carboxylic acids is 1. The third-order valence-corrected chi connectivity index (χ3v) is 4.59. The van der Waals surface area contributed by atoms with Gasteiger partial charge in [0.1, 0.15) is 6.04 Å². The number of aromatic hydroxyl groups is 1. The van der Waals surface area contributed by atoms with E-state index in [0.29, 0.717) is 40.8 Å². The van der Waals surface area contributed by atoms with Crippen molar-refractivity contribution in [3.8, 4) is 11.5 Å². The number of nitrogens with zero attached hydrogens (tertiary/aromatic N) is 4. The summed E-state index contributed by atoms with van der Waals surface area (Å²) in [7, 11) is 0. The number of para-hydroxylation sites is 1. The summed E-state index contributed by atoms with van der Waals surface area (Å²) in [6.07, 6.45) is 0. The van der Waals surface area contributed by atoms with Crippen LogP contribution < -0.4 is 15.4 Å². The first-order chi connectivity index (χ1) is 14.1. The Hall–Kier alpha value is -3.88. The molecule has 0 radical (unpaired) electrons. The molecule has 1 amide bonds. The molecule has 0 spiro atoms. The monoisotopic (exact) mass is 392 g/mol. The van der Waals surface area contributed by atoms with Crippen LogP contribution in [0.1, 0.15) is 25.5 Å². The van der Waals surface area contributed by atoms with E-state index in [4.69, 9.17) is 4.74 Å². The number of hydrogen-bond acceptors (Lipinski definition) is 7. The van der Waals surface area contributed by atoms with Crippen LogP contribution in [0.15, 0.2) is 59.8 Å². The number of nitrogens with one attached hydrogen (secondary N) is 2. The molecule has 0 aliphatic carbocycles. The van der Waals surface area contributed by atoms with E-state index < -0.39 is 6.04 Å². The number of anilines is 2. The lowest BCUT2D eigenvalue weighted by atomic mass is 9.94. The zero-order valence-electron chi connectivity index (χ0n) is 16.0. The van der Waals surface area contributed by atoms with Gasteiger partial charge in [0, 0.05) is 11.4 Å². The van der Waals surface area contributed by atoms with Crippen LogP contribution in [0.3, 0.4) is 0 Å². The van der Waals surface area contributed by atoms with Crippen LogP contribution in [0.25, 0.3) is 0 Å². The van der Waals surface area contributed by atoms with E-state index in [-0.39, 0.29) is 11.7 Å². The number of hydrogen-bond donors (Lipinski definition) is 3. The minimum atomic E-state index is -0.593. The SMILES string of the molecule is CCOc1cc([C@@H]2C(C(=O)Nc3ccccc3)=C(C)Nc3nnnn32)ccc1O. The van der Waals surface area contributed by atoms with E-state index >= 15 is 0 Å². The molecule has 2 heterocycles. The summed E-state index contributed by atoms with van der Waals surface area (Å²) < 4.78 is 7.05. The maximum atomic E-state index is 13.2. The Balaban J connectivity index is 1.78. The molecule has 29 heavy (non-hydrogen) atoms. The summed E-state index contributed by atoms with van der Waals surface area (Å²) in [6.45, 7) is 4.03. The van der Waals surface area contributed by atoms with Gasteiger partial charge in [0.15, 0.2) is 11.5 Å². The Morgan fingerprint density at radius 3 is 2.83 bits per heavy atom. The molecular weight excluding hydrogens is 372 g/mol. The zero-order chi connectivity index (χ0) is 20.4. The van der Waals surface area contributed by atoms with Gasteiger partial charge in [-0.1, -0.05) is 29.4 Å². The van der Waals surface area contributed by atoms with Crippen molar-refractivity contribution in [1.82, 2.24) is 20.2 Å². The Labute approximate surface area is 167 Å². The first-order valence-corrected chi connectivity index (χ1v) is 9.16. The van der Waals surface area contributed by atoms with Gasteiger partial charge >= 0.3 is 0 Å². The van der Waals surface area contributed by atoms with E-state index in [1.54, 1.807) is 19.1 Å². The molecule has 2 aromatic carbocycles. The third kappa shape index (κ3) is 3.49. The van der Waals surface area contributed by atoms with Crippen LogP contribution in [0.4, 0.5) is 11.6 Å². The third-order valence-electron chi connectivity index (χ3n) is 4.59. The second kappa shape index (κ2) is 7.63. The maximum Gasteiger partial charge on any atom is 0.255 e. The largest absolute Gasteiger partial charge is 0.504 e. The fourth-order valence-electron chi connectivity index (χ4n) is 3.31. The highest BCUT2D eigenvalue weighted by Crippen LogP contribution is 2.38. The van der Waals surface area contributed by atoms with Crippen LogP contribution in [-0.2, 0) is 4.79 Å². The minimum Gasteiger partial charge on any atom is -0.504 e. The minimum absolute atomic E-state index is 0.0254. The Kier molecular flexibility index (Phi) is 4.86. The van der Waals surface area contributed by atoms with Gasteiger partial charge in [-0.3, -0.25) is 4.79 Å². The van der Waals surface area contributed by atoms with Gasteiger partial charge in [-0.15, -0.1) is 0 Å². The number of tetrazole rings is 1. The van der Waals surface area contributed by atoms with Gasteiger partial charge in [0.25, 0.3) is 5.91 Å². The van der Waals surface area contributed by atoms with Gasteiger partial charge in [-0.2, -0.15) is 4.68 Å². The molecule has 148 valence electrons. The van der Waals surface area contributed by atoms with Crippen LogP contribution in [-0.4, -0.2) is 37.8 Å². The molecule has 4 rings (SSSR count). The molecule has 0 saturated carbocycles. The fourth-order valence-corrected chi connectivity index (χ4v) is 3.31. The van der Waals surface area contributed by atoms with Crippen molar-refractivity contribution in [3.05, 3.63) is 65.4 Å². The van der Waals surface area contributed by atoms with Gasteiger partial charge in [-0.25, -0.2) is 0 Å². The fraction of sp³-hybridized carbons (Fsp3) is 0.200. The molecule has 0 saturated heterocycles. The molecule has 1 atom stereocenters. The summed E-state index contributed by atoms with van der Waals surface area (Å²) in [5.41, 5.74) is 2.48. The molecule has 3 N–H and O–H groups in total. The van der Waals surface area contributed by atoms with Gasteiger partial charge in [-0.05, 0) is 54.1 Å². The number of amides is 1. The van der Waals surface area contributed by atoms with E-state index in [2.05, 4.69) is 26.2 Å². The maximum absolute atomic E-state index is 13.2. The van der Waals surface area contributed by atoms with Crippen molar-refractivity contribution in [2.45, 2.75) is 19.9 Å². The highest BCUT2D eigenvalue weighted by molar-refractivity contribution is 6.06. The Morgan fingerprint density at radius 1 is 1.28 bits per heavy atom. The number of ether oxygens (including phenoxy) is 1. The van der Waals surface area contributed by atoms with Crippen molar-refractivity contribution >= 4 is 17.5 Å². The van der Waals surface area contributed by atoms with Gasteiger partial charge in [0.05, 0.1) is 12.2 Å². The molecular formula is C20H20N6O3. The predicted molar refractivity (Wildman–Crippen MR) is 107 cm³/mol. The molecule has 0 bridgehead atoms. The summed E-state index contributed by atoms with van der Waals surface area (Å²) in [5.74, 6) is 0.504. The average Bonchev–Trinajstić information content (AvgIpc) is 3.17. The number of allylic oxidation sites excluding steroid dienone is 1. The van der Waals surface area contributed by atoms with E-state index in [0.717, 1.165) is 0 Å². The molecule has 1 aromatic heterocycles. The van der Waals surface area contributed by atoms with E-state index in [1.807, 2.05) is 37.3 Å². The smallest absolute Gasteiger partial charge is 0.255 e. The number of fused-ring (bicyclic) bond motifs is 1. The van der Waals surface area contributed by atoms with Gasteiger partial charge in [0.2, 0.25) is 5.95 Å². The van der Waals surface area contributed by atoms with Crippen molar-refractivity contribution in [2.24, 2.45) is 0 Å². The number of phenolic OH excluding ortho intramolecular Hbond substituents is 1. The Morgan fingerprint density at radius 2 is 2.07 bits per heavy atom. The summed E-state index contributed by atoms with van der Waals surface area (Å²) in [5, 5.41) is 27.8. The Bertz CT molecular complexity index is 1080. The normalized spacial score (nSPS) is 15.4. The molecule has 9 heteroatoms. The lowest BCUT2D eigenvalue weighted by Crippen LogP contribution is -2.31. The number of rotatable bonds is 5. The highest BCUT2D eigenvalue weighted by Gasteiger charge is 2.34. The summed E-state index contributed by atoms with van der Waals surface area (Å²) in [6, 6.07) is 13.6. The second-order valence-corrected chi connectivity index (χ2v) is 6.49. The second-order valence-electron chi connectivity index (χ2n) is 6.49. The zero-order valence-corrected chi connectivity index (χ0v) is 16.0. The quantitative estimate of drug-likeness (QED) is 0.612. The number of aromatic nitrogens is 4. The van der Waals surface area contributed by atoms with Crippen molar-refractivity contribution in [3.63, 3.8) is 0 Å². The van der Waals surface area contributed by atoms with E-state index in [9.17, 15) is 9.90 Å². The first-order valence-electron chi connectivity index (χ1n) is 9.16. The lowest BCUT2D eigenvalue weighted by molar-refractivity contribution is -0.113. The van der Waals surface area contributed by atoms with Crippen LogP contribution in [0.5, 0.6) is 11.5 Å². The van der Waals surface area contributed by atoms with Crippen molar-refractivity contribution in [2.75, 3.05) is 17.2 Å². The summed E-state index contributed by atoms with van der Waals surface area (Å²) in [4.78, 5) is 13.2. The number of phenols is 1.